The maximum absolute atomic E-state index is 12.4. The normalized spacial score (nSPS) is 10.6. The van der Waals surface area contributed by atoms with Crippen molar-refractivity contribution in [1.82, 2.24) is 9.88 Å². The molecule has 0 aliphatic rings. The molecule has 2 amide bonds. The van der Waals surface area contributed by atoms with Crippen molar-refractivity contribution in [3.8, 4) is 0 Å². The lowest BCUT2D eigenvalue weighted by molar-refractivity contribution is -0.124. The first-order valence-corrected chi connectivity index (χ1v) is 9.14. The van der Waals surface area contributed by atoms with Gasteiger partial charge in [0.1, 0.15) is 6.54 Å². The number of aryl methyl sites for hydroxylation is 1. The molecule has 2 N–H and O–H groups in total. The molecule has 0 radical (unpaired) electrons. The van der Waals surface area contributed by atoms with E-state index in [1.165, 1.54) is 4.57 Å². The van der Waals surface area contributed by atoms with Gasteiger partial charge in [-0.3, -0.25) is 14.4 Å². The third-order valence-electron chi connectivity index (χ3n) is 4.11. The highest BCUT2D eigenvalue weighted by Gasteiger charge is 2.10. The summed E-state index contributed by atoms with van der Waals surface area (Å²) < 4.78 is 2.25. The lowest BCUT2D eigenvalue weighted by Gasteiger charge is -2.10. The van der Waals surface area contributed by atoms with E-state index in [-0.39, 0.29) is 24.6 Å². The second-order valence-electron chi connectivity index (χ2n) is 6.12. The van der Waals surface area contributed by atoms with E-state index < -0.39 is 5.91 Å². The van der Waals surface area contributed by atoms with E-state index in [0.29, 0.717) is 11.1 Å². The van der Waals surface area contributed by atoms with E-state index in [2.05, 4.69) is 26.6 Å². The first-order valence-electron chi connectivity index (χ1n) is 8.35. The zero-order chi connectivity index (χ0) is 19.4. The van der Waals surface area contributed by atoms with Crippen LogP contribution in [0.3, 0.4) is 0 Å². The van der Waals surface area contributed by atoms with Crippen LogP contribution in [0, 0.1) is 6.92 Å². The molecule has 0 aliphatic heterocycles. The van der Waals surface area contributed by atoms with Crippen LogP contribution in [0.25, 0.3) is 10.8 Å². The highest BCUT2D eigenvalue weighted by atomic mass is 79.9. The van der Waals surface area contributed by atoms with Crippen LogP contribution in [0.15, 0.2) is 64.0 Å². The first kappa shape index (κ1) is 18.8. The van der Waals surface area contributed by atoms with Gasteiger partial charge in [0, 0.05) is 21.7 Å². The van der Waals surface area contributed by atoms with E-state index in [4.69, 9.17) is 0 Å². The van der Waals surface area contributed by atoms with Crippen LogP contribution in [0.4, 0.5) is 5.69 Å². The Morgan fingerprint density at radius 1 is 1.07 bits per heavy atom. The zero-order valence-corrected chi connectivity index (χ0v) is 16.2. The molecule has 138 valence electrons. The fraction of sp³-hybridized carbons (Fsp3) is 0.150. The third-order valence-corrected chi connectivity index (χ3v) is 4.60. The van der Waals surface area contributed by atoms with Gasteiger partial charge in [-0.15, -0.1) is 0 Å². The van der Waals surface area contributed by atoms with Crippen molar-refractivity contribution in [2.45, 2.75) is 13.5 Å². The Labute approximate surface area is 164 Å². The number of nitrogens with zero attached hydrogens (tertiary/aromatic N) is 1. The SMILES string of the molecule is Cc1cc(Br)ccc1NC(=O)CNC(=O)Cn1ccc2ccccc2c1=O. The molecule has 0 unspecified atom stereocenters. The van der Waals surface area contributed by atoms with Crippen LogP contribution in [0.5, 0.6) is 0 Å². The molecule has 0 bridgehead atoms. The minimum Gasteiger partial charge on any atom is -0.345 e. The van der Waals surface area contributed by atoms with Crippen LogP contribution in [-0.4, -0.2) is 22.9 Å². The molecule has 3 rings (SSSR count). The van der Waals surface area contributed by atoms with Crippen LogP contribution in [0.2, 0.25) is 0 Å². The topological polar surface area (TPSA) is 80.2 Å². The molecule has 0 saturated heterocycles. The van der Waals surface area contributed by atoms with Gasteiger partial charge in [-0.2, -0.15) is 0 Å². The van der Waals surface area contributed by atoms with E-state index in [1.54, 1.807) is 30.5 Å². The number of fused-ring (bicyclic) bond motifs is 1. The average Bonchev–Trinajstić information content (AvgIpc) is 2.65. The predicted molar refractivity (Wildman–Crippen MR) is 109 cm³/mol. The number of nitrogens with one attached hydrogen (secondary N) is 2. The predicted octanol–water partition coefficient (Wildman–Crippen LogP) is 2.83. The number of carbonyl (C=O) groups excluding carboxylic acids is 2. The second kappa shape index (κ2) is 8.18. The lowest BCUT2D eigenvalue weighted by atomic mass is 10.2. The second-order valence-corrected chi connectivity index (χ2v) is 7.04. The third kappa shape index (κ3) is 4.62. The number of anilines is 1. The van der Waals surface area contributed by atoms with Crippen molar-refractivity contribution >= 4 is 44.2 Å². The van der Waals surface area contributed by atoms with E-state index >= 15 is 0 Å². The Kier molecular flexibility index (Phi) is 5.71. The van der Waals surface area contributed by atoms with Crippen molar-refractivity contribution in [2.24, 2.45) is 0 Å². The van der Waals surface area contributed by atoms with Crippen molar-refractivity contribution < 1.29 is 9.59 Å². The number of hydrogen-bond acceptors (Lipinski definition) is 3. The number of carbonyl (C=O) groups is 2. The van der Waals surface area contributed by atoms with E-state index in [0.717, 1.165) is 15.4 Å². The van der Waals surface area contributed by atoms with Crippen molar-refractivity contribution in [2.75, 3.05) is 11.9 Å². The van der Waals surface area contributed by atoms with Gasteiger partial charge in [0.25, 0.3) is 5.56 Å². The molecule has 0 atom stereocenters. The molecular formula is C20H18BrN3O3. The molecule has 0 fully saturated rings. The summed E-state index contributed by atoms with van der Waals surface area (Å²) in [4.78, 5) is 36.6. The Morgan fingerprint density at radius 3 is 2.63 bits per heavy atom. The largest absolute Gasteiger partial charge is 0.345 e. The van der Waals surface area contributed by atoms with Gasteiger partial charge < -0.3 is 15.2 Å². The molecule has 27 heavy (non-hydrogen) atoms. The molecule has 3 aromatic rings. The smallest absolute Gasteiger partial charge is 0.258 e. The lowest BCUT2D eigenvalue weighted by Crippen LogP contribution is -2.37. The number of amides is 2. The zero-order valence-electron chi connectivity index (χ0n) is 14.7. The summed E-state index contributed by atoms with van der Waals surface area (Å²) in [5.41, 5.74) is 1.35. The molecule has 7 heteroatoms. The highest BCUT2D eigenvalue weighted by Crippen LogP contribution is 2.19. The van der Waals surface area contributed by atoms with Gasteiger partial charge >= 0.3 is 0 Å². The molecule has 2 aromatic carbocycles. The minimum absolute atomic E-state index is 0.145. The van der Waals surface area contributed by atoms with Crippen LogP contribution in [0.1, 0.15) is 5.56 Å². The summed E-state index contributed by atoms with van der Waals surface area (Å²) in [6, 6.07) is 14.5. The Morgan fingerprint density at radius 2 is 1.85 bits per heavy atom. The van der Waals surface area contributed by atoms with Crippen molar-refractivity contribution in [3.05, 3.63) is 75.1 Å². The molecule has 1 aromatic heterocycles. The fourth-order valence-corrected chi connectivity index (χ4v) is 3.18. The molecular weight excluding hydrogens is 410 g/mol. The molecule has 0 aliphatic carbocycles. The monoisotopic (exact) mass is 427 g/mol. The molecule has 0 spiro atoms. The minimum atomic E-state index is -0.407. The Balaban J connectivity index is 1.59. The average molecular weight is 428 g/mol. The number of aromatic nitrogens is 1. The van der Waals surface area contributed by atoms with Gasteiger partial charge in [-0.1, -0.05) is 34.1 Å². The standard InChI is InChI=1S/C20H18BrN3O3/c1-13-10-15(21)6-7-17(13)23-18(25)11-22-19(26)12-24-9-8-14-4-2-3-5-16(14)20(24)27/h2-10H,11-12H2,1H3,(H,22,26)(H,23,25). The summed E-state index contributed by atoms with van der Waals surface area (Å²) >= 11 is 3.37. The van der Waals surface area contributed by atoms with E-state index in [1.807, 2.05) is 31.2 Å². The van der Waals surface area contributed by atoms with Crippen molar-refractivity contribution in [3.63, 3.8) is 0 Å². The van der Waals surface area contributed by atoms with Gasteiger partial charge in [0.2, 0.25) is 11.8 Å². The maximum atomic E-state index is 12.4. The first-order chi connectivity index (χ1) is 12.9. The summed E-state index contributed by atoms with van der Waals surface area (Å²) in [5.74, 6) is -0.741. The Bertz CT molecular complexity index is 1080. The van der Waals surface area contributed by atoms with Crippen LogP contribution in [-0.2, 0) is 16.1 Å². The van der Waals surface area contributed by atoms with Gasteiger partial charge in [0.15, 0.2) is 0 Å². The van der Waals surface area contributed by atoms with E-state index in [9.17, 15) is 14.4 Å². The number of pyridine rings is 1. The number of halogens is 1. The fourth-order valence-electron chi connectivity index (χ4n) is 2.71. The van der Waals surface area contributed by atoms with Gasteiger partial charge in [-0.25, -0.2) is 0 Å². The maximum Gasteiger partial charge on any atom is 0.258 e. The molecule has 6 nitrogen and oxygen atoms in total. The quantitative estimate of drug-likeness (QED) is 0.656. The number of benzene rings is 2. The summed E-state index contributed by atoms with van der Waals surface area (Å²) in [6.45, 7) is 1.57. The van der Waals surface area contributed by atoms with Gasteiger partial charge in [-0.05, 0) is 48.2 Å². The molecule has 0 saturated carbocycles. The number of rotatable bonds is 5. The summed E-state index contributed by atoms with van der Waals surface area (Å²) in [5, 5.41) is 6.66. The summed E-state index contributed by atoms with van der Waals surface area (Å²) in [6.07, 6.45) is 1.58. The Hall–Kier alpha value is -2.93. The summed E-state index contributed by atoms with van der Waals surface area (Å²) in [7, 11) is 0. The number of hydrogen-bond donors (Lipinski definition) is 2. The van der Waals surface area contributed by atoms with Gasteiger partial charge in [0.05, 0.1) is 6.54 Å². The highest BCUT2D eigenvalue weighted by molar-refractivity contribution is 9.10. The van der Waals surface area contributed by atoms with Crippen LogP contribution < -0.4 is 16.2 Å². The van der Waals surface area contributed by atoms with Crippen LogP contribution >= 0.6 is 15.9 Å². The molecule has 1 heterocycles. The van der Waals surface area contributed by atoms with Crippen molar-refractivity contribution in [1.29, 1.82) is 0 Å².